The Balaban J connectivity index is 2.01. The minimum Gasteiger partial charge on any atom is -0.355 e. The summed E-state index contributed by atoms with van der Waals surface area (Å²) in [6, 6.07) is 10.9. The first-order valence-corrected chi connectivity index (χ1v) is 7.24. The van der Waals surface area contributed by atoms with Crippen LogP contribution in [0.4, 0.5) is 10.2 Å². The topological polar surface area (TPSA) is 42.1 Å². The fraction of sp³-hybridized carbons (Fsp3) is 0.353. The quantitative estimate of drug-likeness (QED) is 0.887. The number of hydrogen-bond acceptors (Lipinski definition) is 3. The lowest BCUT2D eigenvalue weighted by Crippen LogP contribution is -2.22. The second-order valence-corrected chi connectivity index (χ2v) is 5.38. The maximum atomic E-state index is 13.2. The minimum atomic E-state index is -0.210. The smallest absolute Gasteiger partial charge is 0.128 e. The van der Waals surface area contributed by atoms with Gasteiger partial charge in [-0.15, -0.1) is 0 Å². The van der Waals surface area contributed by atoms with E-state index in [2.05, 4.69) is 18.0 Å². The summed E-state index contributed by atoms with van der Waals surface area (Å²) in [6.45, 7) is 2.71. The number of hydrogen-bond donors (Lipinski definition) is 1. The Bertz CT molecular complexity index is 569. The summed E-state index contributed by atoms with van der Waals surface area (Å²) < 4.78 is 13.2. The standard InChI is InChI=1S/C17H22FN3/c1-3-16(19)10-13-7-8-17(20-11-13)21(2)12-14-5-4-6-15(18)9-14/h4-9,11,16H,3,10,12,19H2,1-2H3. The Kier molecular flexibility index (Phi) is 5.28. The summed E-state index contributed by atoms with van der Waals surface area (Å²) in [5, 5.41) is 0. The van der Waals surface area contributed by atoms with Crippen molar-refractivity contribution in [1.29, 1.82) is 0 Å². The lowest BCUT2D eigenvalue weighted by atomic mass is 10.1. The van der Waals surface area contributed by atoms with E-state index in [0.717, 1.165) is 29.8 Å². The largest absolute Gasteiger partial charge is 0.355 e. The molecule has 21 heavy (non-hydrogen) atoms. The molecule has 1 unspecified atom stereocenters. The molecule has 112 valence electrons. The molecule has 1 aromatic carbocycles. The van der Waals surface area contributed by atoms with E-state index in [1.54, 1.807) is 12.1 Å². The van der Waals surface area contributed by atoms with Crippen molar-refractivity contribution < 1.29 is 4.39 Å². The highest BCUT2D eigenvalue weighted by molar-refractivity contribution is 5.39. The highest BCUT2D eigenvalue weighted by Gasteiger charge is 2.06. The Hall–Kier alpha value is -1.94. The molecule has 0 spiro atoms. The van der Waals surface area contributed by atoms with Crippen molar-refractivity contribution in [2.75, 3.05) is 11.9 Å². The molecular formula is C17H22FN3. The van der Waals surface area contributed by atoms with Gasteiger partial charge in [-0.25, -0.2) is 9.37 Å². The average Bonchev–Trinajstić information content (AvgIpc) is 2.47. The molecule has 1 atom stereocenters. The number of pyridine rings is 1. The molecule has 0 aliphatic heterocycles. The zero-order valence-electron chi connectivity index (χ0n) is 12.6. The third kappa shape index (κ3) is 4.53. The molecule has 0 aliphatic rings. The molecule has 0 saturated heterocycles. The van der Waals surface area contributed by atoms with Crippen LogP contribution < -0.4 is 10.6 Å². The Morgan fingerprint density at radius 2 is 2.05 bits per heavy atom. The van der Waals surface area contributed by atoms with E-state index in [0.29, 0.717) is 6.54 Å². The summed E-state index contributed by atoms with van der Waals surface area (Å²) in [5.74, 6) is 0.658. The predicted molar refractivity (Wildman–Crippen MR) is 84.7 cm³/mol. The second-order valence-electron chi connectivity index (χ2n) is 5.38. The van der Waals surface area contributed by atoms with Gasteiger partial charge in [0.15, 0.2) is 0 Å². The van der Waals surface area contributed by atoms with Crippen molar-refractivity contribution in [3.63, 3.8) is 0 Å². The summed E-state index contributed by atoms with van der Waals surface area (Å²) in [4.78, 5) is 6.46. The van der Waals surface area contributed by atoms with Crippen LogP contribution in [0.25, 0.3) is 0 Å². The van der Waals surface area contributed by atoms with E-state index in [1.807, 2.05) is 30.3 Å². The normalized spacial score (nSPS) is 12.2. The van der Waals surface area contributed by atoms with Crippen LogP contribution in [0.3, 0.4) is 0 Å². The summed E-state index contributed by atoms with van der Waals surface area (Å²) in [6.07, 6.45) is 3.67. The van der Waals surface area contributed by atoms with Crippen molar-refractivity contribution >= 4 is 5.82 Å². The fourth-order valence-electron chi connectivity index (χ4n) is 2.20. The van der Waals surface area contributed by atoms with Gasteiger partial charge in [-0.05, 0) is 42.2 Å². The van der Waals surface area contributed by atoms with Crippen LogP contribution in [0.1, 0.15) is 24.5 Å². The first kappa shape index (κ1) is 15.4. The van der Waals surface area contributed by atoms with Gasteiger partial charge in [0.2, 0.25) is 0 Å². The van der Waals surface area contributed by atoms with Gasteiger partial charge in [-0.3, -0.25) is 0 Å². The molecule has 2 aromatic rings. The van der Waals surface area contributed by atoms with Gasteiger partial charge < -0.3 is 10.6 Å². The van der Waals surface area contributed by atoms with Crippen molar-refractivity contribution in [2.45, 2.75) is 32.4 Å². The molecule has 0 saturated carbocycles. The average molecular weight is 287 g/mol. The number of aromatic nitrogens is 1. The molecule has 4 heteroatoms. The van der Waals surface area contributed by atoms with E-state index >= 15 is 0 Å². The second kappa shape index (κ2) is 7.18. The number of nitrogens with zero attached hydrogens (tertiary/aromatic N) is 2. The predicted octanol–water partition coefficient (Wildman–Crippen LogP) is 3.14. The van der Waals surface area contributed by atoms with Crippen LogP contribution in [0, 0.1) is 5.82 Å². The Morgan fingerprint density at radius 3 is 2.67 bits per heavy atom. The zero-order valence-corrected chi connectivity index (χ0v) is 12.6. The van der Waals surface area contributed by atoms with Crippen LogP contribution in [-0.2, 0) is 13.0 Å². The molecule has 3 nitrogen and oxygen atoms in total. The van der Waals surface area contributed by atoms with E-state index in [1.165, 1.54) is 6.07 Å². The molecule has 1 aromatic heterocycles. The van der Waals surface area contributed by atoms with Crippen LogP contribution in [0.15, 0.2) is 42.6 Å². The maximum Gasteiger partial charge on any atom is 0.128 e. The summed E-state index contributed by atoms with van der Waals surface area (Å²) in [5.41, 5.74) is 8.02. The monoisotopic (exact) mass is 287 g/mol. The molecule has 0 fully saturated rings. The molecule has 2 rings (SSSR count). The minimum absolute atomic E-state index is 0.183. The lowest BCUT2D eigenvalue weighted by molar-refractivity contribution is 0.625. The van der Waals surface area contributed by atoms with Gasteiger partial charge in [0.1, 0.15) is 11.6 Å². The fourth-order valence-corrected chi connectivity index (χ4v) is 2.20. The third-order valence-electron chi connectivity index (χ3n) is 3.53. The zero-order chi connectivity index (χ0) is 15.2. The first-order chi connectivity index (χ1) is 10.1. The molecule has 0 amide bonds. The van der Waals surface area contributed by atoms with Gasteiger partial charge in [0, 0.05) is 25.8 Å². The molecule has 0 aliphatic carbocycles. The lowest BCUT2D eigenvalue weighted by Gasteiger charge is -2.19. The van der Waals surface area contributed by atoms with Crippen molar-refractivity contribution in [2.24, 2.45) is 5.73 Å². The van der Waals surface area contributed by atoms with Crippen LogP contribution >= 0.6 is 0 Å². The van der Waals surface area contributed by atoms with Crippen molar-refractivity contribution in [3.05, 3.63) is 59.5 Å². The van der Waals surface area contributed by atoms with Crippen LogP contribution in [0.5, 0.6) is 0 Å². The number of halogens is 1. The molecule has 0 bridgehead atoms. The van der Waals surface area contributed by atoms with E-state index in [4.69, 9.17) is 5.73 Å². The Morgan fingerprint density at radius 1 is 1.24 bits per heavy atom. The van der Waals surface area contributed by atoms with E-state index in [9.17, 15) is 4.39 Å². The first-order valence-electron chi connectivity index (χ1n) is 7.24. The summed E-state index contributed by atoms with van der Waals surface area (Å²) in [7, 11) is 1.95. The Labute approximate surface area is 125 Å². The van der Waals surface area contributed by atoms with E-state index < -0.39 is 0 Å². The number of benzene rings is 1. The summed E-state index contributed by atoms with van der Waals surface area (Å²) >= 11 is 0. The third-order valence-corrected chi connectivity index (χ3v) is 3.53. The van der Waals surface area contributed by atoms with Gasteiger partial charge in [0.05, 0.1) is 0 Å². The SMILES string of the molecule is CCC(N)Cc1ccc(N(C)Cc2cccc(F)c2)nc1. The number of anilines is 1. The van der Waals surface area contributed by atoms with Crippen molar-refractivity contribution in [3.8, 4) is 0 Å². The van der Waals surface area contributed by atoms with E-state index in [-0.39, 0.29) is 11.9 Å². The molecule has 2 N–H and O–H groups in total. The highest BCUT2D eigenvalue weighted by Crippen LogP contribution is 2.14. The molecule has 1 heterocycles. The highest BCUT2D eigenvalue weighted by atomic mass is 19.1. The van der Waals surface area contributed by atoms with Gasteiger partial charge >= 0.3 is 0 Å². The molecular weight excluding hydrogens is 265 g/mol. The molecule has 0 radical (unpaired) electrons. The van der Waals surface area contributed by atoms with Crippen LogP contribution in [-0.4, -0.2) is 18.1 Å². The van der Waals surface area contributed by atoms with Gasteiger partial charge in [-0.1, -0.05) is 25.1 Å². The maximum absolute atomic E-state index is 13.2. The van der Waals surface area contributed by atoms with Gasteiger partial charge in [0.25, 0.3) is 0 Å². The van der Waals surface area contributed by atoms with Crippen LogP contribution in [0.2, 0.25) is 0 Å². The number of rotatable bonds is 6. The van der Waals surface area contributed by atoms with Gasteiger partial charge in [-0.2, -0.15) is 0 Å². The van der Waals surface area contributed by atoms with Crippen molar-refractivity contribution in [1.82, 2.24) is 4.98 Å². The number of nitrogens with two attached hydrogens (primary N) is 1.